The molecule has 0 aliphatic heterocycles. The summed E-state index contributed by atoms with van der Waals surface area (Å²) in [6.45, 7) is 0. The van der Waals surface area contributed by atoms with Crippen molar-refractivity contribution < 1.29 is 17.0 Å². The van der Waals surface area contributed by atoms with Crippen LogP contribution in [0, 0.1) is 5.82 Å². The lowest BCUT2D eigenvalue weighted by molar-refractivity contribution is 0.504. The molecule has 1 fully saturated rings. The molecule has 1 aliphatic carbocycles. The van der Waals surface area contributed by atoms with Crippen molar-refractivity contribution in [2.45, 2.75) is 51.5 Å². The number of sulfone groups is 1. The molecule has 1 heterocycles. The van der Waals surface area contributed by atoms with Crippen LogP contribution in [0.3, 0.4) is 0 Å². The van der Waals surface area contributed by atoms with E-state index in [1.165, 1.54) is 12.1 Å². The van der Waals surface area contributed by atoms with Gasteiger partial charge in [0, 0.05) is 15.8 Å². The normalized spacial score (nSPS) is 16.5. The van der Waals surface area contributed by atoms with Crippen molar-refractivity contribution in [2.75, 3.05) is 0 Å². The van der Waals surface area contributed by atoms with Gasteiger partial charge in [-0.2, -0.15) is 0 Å². The molecule has 3 aromatic rings. The molecule has 1 aliphatic rings. The molecule has 0 bridgehead atoms. The van der Waals surface area contributed by atoms with Crippen LogP contribution in [0.1, 0.15) is 32.1 Å². The smallest absolute Gasteiger partial charge is 0.225 e. The van der Waals surface area contributed by atoms with Gasteiger partial charge in [-0.15, -0.1) is 11.3 Å². The minimum atomic E-state index is -4.05. The Hall–Kier alpha value is -1.61. The van der Waals surface area contributed by atoms with Crippen LogP contribution >= 0.6 is 22.9 Å². The number of halogens is 2. The summed E-state index contributed by atoms with van der Waals surface area (Å²) in [5.41, 5.74) is 0.701. The van der Waals surface area contributed by atoms with Gasteiger partial charge in [0.25, 0.3) is 0 Å². The Morgan fingerprint density at radius 1 is 1.00 bits per heavy atom. The molecule has 1 atom stereocenters. The Balaban J connectivity index is 1.83. The summed E-state index contributed by atoms with van der Waals surface area (Å²) >= 11 is 7.10. The molecule has 30 heavy (non-hydrogen) atoms. The highest BCUT2D eigenvalue weighted by Crippen LogP contribution is 2.38. The molecule has 2 aromatic carbocycles. The predicted molar refractivity (Wildman–Crippen MR) is 118 cm³/mol. The van der Waals surface area contributed by atoms with E-state index in [4.69, 9.17) is 11.6 Å². The fraction of sp³-hybridized carbons (Fsp3) is 0.286. The lowest BCUT2D eigenvalue weighted by Gasteiger charge is -2.20. The monoisotopic (exact) mass is 483 g/mol. The van der Waals surface area contributed by atoms with Crippen LogP contribution in [-0.4, -0.2) is 22.9 Å². The van der Waals surface area contributed by atoms with Crippen molar-refractivity contribution in [3.8, 4) is 10.6 Å². The van der Waals surface area contributed by atoms with Crippen LogP contribution < -0.4 is 0 Å². The Morgan fingerprint density at radius 3 is 2.27 bits per heavy atom. The molecule has 158 valence electrons. The second-order valence-corrected chi connectivity index (χ2v) is 12.4. The zero-order valence-corrected chi connectivity index (χ0v) is 19.1. The quantitative estimate of drug-likeness (QED) is 0.425. The minimum Gasteiger partial charge on any atom is -0.253 e. The molecule has 0 N–H and O–H groups in total. The lowest BCUT2D eigenvalue weighted by atomic mass is 10.0. The molecule has 0 saturated heterocycles. The molecule has 9 heteroatoms. The van der Waals surface area contributed by atoms with Gasteiger partial charge in [-0.05, 0) is 49.2 Å². The van der Waals surface area contributed by atoms with Gasteiger partial charge in [-0.25, -0.2) is 17.8 Å². The van der Waals surface area contributed by atoms with Crippen LogP contribution in [0.15, 0.2) is 62.7 Å². The van der Waals surface area contributed by atoms with E-state index in [1.54, 1.807) is 24.3 Å². The van der Waals surface area contributed by atoms with Gasteiger partial charge in [0.1, 0.15) is 15.0 Å². The first kappa shape index (κ1) is 21.6. The maximum atomic E-state index is 13.4. The van der Waals surface area contributed by atoms with Gasteiger partial charge >= 0.3 is 0 Å². The summed E-state index contributed by atoms with van der Waals surface area (Å²) in [6.07, 6.45) is 4.68. The first-order valence-electron chi connectivity index (χ1n) is 9.54. The topological polar surface area (TPSA) is 64.1 Å². The average Bonchev–Trinajstić information content (AvgIpc) is 3.21. The second-order valence-electron chi connectivity index (χ2n) is 7.13. The maximum absolute atomic E-state index is 13.4. The van der Waals surface area contributed by atoms with E-state index < -0.39 is 26.5 Å². The highest BCUT2D eigenvalue weighted by atomic mass is 35.5. The highest BCUT2D eigenvalue weighted by molar-refractivity contribution is 7.93. The molecule has 1 saturated carbocycles. The zero-order chi connectivity index (χ0) is 21.3. The van der Waals surface area contributed by atoms with E-state index in [0.717, 1.165) is 55.6 Å². The van der Waals surface area contributed by atoms with E-state index in [0.29, 0.717) is 15.6 Å². The third-order valence-electron chi connectivity index (χ3n) is 5.07. The molecule has 1 unspecified atom stereocenters. The molecule has 0 amide bonds. The van der Waals surface area contributed by atoms with E-state index in [-0.39, 0.29) is 19.4 Å². The third kappa shape index (κ3) is 4.37. The second kappa shape index (κ2) is 8.86. The van der Waals surface area contributed by atoms with Crippen molar-refractivity contribution in [1.29, 1.82) is 0 Å². The molecule has 4 nitrogen and oxygen atoms in total. The number of hydrogen-bond acceptors (Lipinski definition) is 5. The Labute approximate surface area is 186 Å². The third-order valence-corrected chi connectivity index (χ3v) is 10.6. The fourth-order valence-electron chi connectivity index (χ4n) is 3.46. The number of nitrogens with zero attached hydrogens (tertiary/aromatic N) is 1. The molecular formula is C21H19ClFNO3S3. The van der Waals surface area contributed by atoms with Crippen molar-refractivity contribution >= 4 is 43.6 Å². The van der Waals surface area contributed by atoms with E-state index in [2.05, 4.69) is 4.98 Å². The van der Waals surface area contributed by atoms with E-state index >= 15 is 0 Å². The van der Waals surface area contributed by atoms with Gasteiger partial charge in [0.05, 0.1) is 15.7 Å². The van der Waals surface area contributed by atoms with E-state index in [1.807, 2.05) is 0 Å². The van der Waals surface area contributed by atoms with Crippen LogP contribution in [0.4, 0.5) is 4.39 Å². The van der Waals surface area contributed by atoms with Gasteiger partial charge in [0.15, 0.2) is 5.03 Å². The first-order valence-corrected chi connectivity index (χ1v) is 13.4. The number of aromatic nitrogens is 1. The van der Waals surface area contributed by atoms with Crippen molar-refractivity contribution in [3.63, 3.8) is 0 Å². The Morgan fingerprint density at radius 2 is 1.63 bits per heavy atom. The van der Waals surface area contributed by atoms with Gasteiger partial charge < -0.3 is 0 Å². The van der Waals surface area contributed by atoms with Gasteiger partial charge in [0.2, 0.25) is 9.84 Å². The minimum absolute atomic E-state index is 0.0706. The molecule has 0 spiro atoms. The van der Waals surface area contributed by atoms with Crippen LogP contribution in [-0.2, 0) is 20.6 Å². The number of benzene rings is 2. The molecule has 1 aromatic heterocycles. The Bertz CT molecular complexity index is 1170. The summed E-state index contributed by atoms with van der Waals surface area (Å²) in [6, 6.07) is 11.5. The standard InChI is InChI=1S/C21H19ClFNO3S3/c22-15-8-6-14(7-9-15)19-24-20(30(26,27)18-12-10-16(23)11-13-18)21(28-19)29(25)17-4-2-1-3-5-17/h6-13,17H,1-5H2. The van der Waals surface area contributed by atoms with Gasteiger partial charge in [-0.3, -0.25) is 4.21 Å². The number of thiazole rings is 1. The summed E-state index contributed by atoms with van der Waals surface area (Å²) in [7, 11) is -5.54. The average molecular weight is 484 g/mol. The zero-order valence-electron chi connectivity index (χ0n) is 15.9. The van der Waals surface area contributed by atoms with Crippen molar-refractivity contribution in [2.24, 2.45) is 0 Å². The summed E-state index contributed by atoms with van der Waals surface area (Å²) in [4.78, 5) is 4.33. The Kier molecular flexibility index (Phi) is 6.39. The molecule has 0 radical (unpaired) electrons. The fourth-order valence-corrected chi connectivity index (χ4v) is 8.78. The summed E-state index contributed by atoms with van der Waals surface area (Å²) in [5.74, 6) is -0.528. The predicted octanol–water partition coefficient (Wildman–Crippen LogP) is 5.88. The van der Waals surface area contributed by atoms with Crippen LogP contribution in [0.25, 0.3) is 10.6 Å². The SMILES string of the molecule is O=S(c1sc(-c2ccc(Cl)cc2)nc1S(=O)(=O)c1ccc(F)cc1)C1CCCCC1. The molecular weight excluding hydrogens is 465 g/mol. The summed E-state index contributed by atoms with van der Waals surface area (Å²) < 4.78 is 53.6. The van der Waals surface area contributed by atoms with Crippen molar-refractivity contribution in [3.05, 3.63) is 59.4 Å². The number of hydrogen-bond donors (Lipinski definition) is 0. The van der Waals surface area contributed by atoms with Crippen molar-refractivity contribution in [1.82, 2.24) is 4.98 Å². The first-order chi connectivity index (χ1) is 14.4. The maximum Gasteiger partial charge on any atom is 0.225 e. The summed E-state index contributed by atoms with van der Waals surface area (Å²) in [5, 5.41) is 0.736. The number of rotatable bonds is 5. The molecule has 4 rings (SSSR count). The van der Waals surface area contributed by atoms with Crippen LogP contribution in [0.5, 0.6) is 0 Å². The van der Waals surface area contributed by atoms with E-state index in [9.17, 15) is 17.0 Å². The highest BCUT2D eigenvalue weighted by Gasteiger charge is 2.33. The largest absolute Gasteiger partial charge is 0.253 e. The lowest BCUT2D eigenvalue weighted by Crippen LogP contribution is -2.19. The van der Waals surface area contributed by atoms with Crippen LogP contribution in [0.2, 0.25) is 5.02 Å². The van der Waals surface area contributed by atoms with Gasteiger partial charge in [-0.1, -0.05) is 43.0 Å².